The lowest BCUT2D eigenvalue weighted by atomic mass is 10.2. The predicted octanol–water partition coefficient (Wildman–Crippen LogP) is 2.18. The minimum Gasteiger partial charge on any atom is -0.334 e. The molecule has 27 heavy (non-hydrogen) atoms. The molecule has 3 heterocycles. The summed E-state index contributed by atoms with van der Waals surface area (Å²) in [4.78, 5) is 19.0. The van der Waals surface area contributed by atoms with Gasteiger partial charge in [0, 0.05) is 36.9 Å². The fourth-order valence-corrected chi connectivity index (χ4v) is 3.37. The second-order valence-electron chi connectivity index (χ2n) is 6.63. The van der Waals surface area contributed by atoms with E-state index < -0.39 is 0 Å². The Morgan fingerprint density at radius 3 is 2.96 bits per heavy atom. The number of benzene rings is 1. The summed E-state index contributed by atoms with van der Waals surface area (Å²) in [7, 11) is 2.05. The van der Waals surface area contributed by atoms with Crippen LogP contribution in [-0.4, -0.2) is 46.3 Å². The fraction of sp³-hybridized carbons (Fsp3) is 0.316. The standard InChI is InChI=1S/C19H20ClN5O2/c1-24-9-8-21-10-16(24)18-22-19(27-23-18)14-6-7-17(26)25(12-14)11-13-4-2-3-5-15(13)20/h2-7,12,16,21H,8-11H2,1H3. The van der Waals surface area contributed by atoms with Gasteiger partial charge in [-0.2, -0.15) is 4.98 Å². The molecule has 1 atom stereocenters. The highest BCUT2D eigenvalue weighted by atomic mass is 35.5. The van der Waals surface area contributed by atoms with Crippen LogP contribution in [0.5, 0.6) is 0 Å². The molecule has 0 radical (unpaired) electrons. The van der Waals surface area contributed by atoms with Crippen molar-refractivity contribution in [1.82, 2.24) is 24.9 Å². The van der Waals surface area contributed by atoms with Crippen LogP contribution in [0.15, 0.2) is 51.9 Å². The van der Waals surface area contributed by atoms with E-state index in [-0.39, 0.29) is 11.6 Å². The number of piperazine rings is 1. The number of rotatable bonds is 4. The molecule has 1 aliphatic heterocycles. The molecule has 0 amide bonds. The van der Waals surface area contributed by atoms with Gasteiger partial charge < -0.3 is 14.4 Å². The molecular formula is C19H20ClN5O2. The molecule has 1 aromatic carbocycles. The molecule has 0 bridgehead atoms. The Hall–Kier alpha value is -2.48. The molecule has 2 aromatic heterocycles. The van der Waals surface area contributed by atoms with E-state index in [9.17, 15) is 4.79 Å². The topological polar surface area (TPSA) is 76.2 Å². The Morgan fingerprint density at radius 2 is 2.15 bits per heavy atom. The van der Waals surface area contributed by atoms with Gasteiger partial charge >= 0.3 is 0 Å². The molecule has 0 saturated carbocycles. The van der Waals surface area contributed by atoms with Crippen molar-refractivity contribution >= 4 is 11.6 Å². The zero-order valence-electron chi connectivity index (χ0n) is 14.9. The normalized spacial score (nSPS) is 17.9. The first-order valence-electron chi connectivity index (χ1n) is 8.80. The van der Waals surface area contributed by atoms with Crippen molar-refractivity contribution in [3.8, 4) is 11.5 Å². The van der Waals surface area contributed by atoms with Gasteiger partial charge in [0.1, 0.15) is 0 Å². The van der Waals surface area contributed by atoms with Crippen LogP contribution in [0.4, 0.5) is 0 Å². The summed E-state index contributed by atoms with van der Waals surface area (Å²) in [6.45, 7) is 3.03. The molecule has 1 unspecified atom stereocenters. The van der Waals surface area contributed by atoms with E-state index in [1.807, 2.05) is 31.3 Å². The maximum Gasteiger partial charge on any atom is 0.259 e. The van der Waals surface area contributed by atoms with Gasteiger partial charge in [-0.05, 0) is 24.7 Å². The van der Waals surface area contributed by atoms with E-state index in [1.54, 1.807) is 16.8 Å². The summed E-state index contributed by atoms with van der Waals surface area (Å²) in [6.07, 6.45) is 1.73. The number of halogens is 1. The zero-order valence-corrected chi connectivity index (χ0v) is 15.7. The molecule has 1 fully saturated rings. The number of aromatic nitrogens is 3. The van der Waals surface area contributed by atoms with Gasteiger partial charge in [-0.25, -0.2) is 0 Å². The van der Waals surface area contributed by atoms with Gasteiger partial charge in [0.2, 0.25) is 0 Å². The van der Waals surface area contributed by atoms with Gasteiger partial charge in [-0.3, -0.25) is 9.69 Å². The maximum atomic E-state index is 12.3. The average molecular weight is 386 g/mol. The lowest BCUT2D eigenvalue weighted by Gasteiger charge is -2.30. The van der Waals surface area contributed by atoms with Crippen LogP contribution in [0.1, 0.15) is 17.4 Å². The highest BCUT2D eigenvalue weighted by molar-refractivity contribution is 6.31. The number of nitrogens with one attached hydrogen (secondary N) is 1. The number of hydrogen-bond donors (Lipinski definition) is 1. The van der Waals surface area contributed by atoms with Crippen molar-refractivity contribution < 1.29 is 4.52 Å². The molecule has 3 aromatic rings. The molecule has 140 valence electrons. The van der Waals surface area contributed by atoms with Crippen molar-refractivity contribution in [3.63, 3.8) is 0 Å². The number of nitrogens with zero attached hydrogens (tertiary/aromatic N) is 4. The van der Waals surface area contributed by atoms with E-state index in [1.165, 1.54) is 6.07 Å². The van der Waals surface area contributed by atoms with Crippen LogP contribution in [0.25, 0.3) is 11.5 Å². The van der Waals surface area contributed by atoms with Crippen LogP contribution >= 0.6 is 11.6 Å². The molecule has 1 N–H and O–H groups in total. The third-order valence-electron chi connectivity index (χ3n) is 4.78. The first-order valence-corrected chi connectivity index (χ1v) is 9.18. The lowest BCUT2D eigenvalue weighted by molar-refractivity contribution is 0.190. The SMILES string of the molecule is CN1CCNCC1c1noc(-c2ccc(=O)n(Cc3ccccc3Cl)c2)n1. The van der Waals surface area contributed by atoms with Crippen molar-refractivity contribution in [2.75, 3.05) is 26.7 Å². The minimum absolute atomic E-state index is 0.0743. The Balaban J connectivity index is 1.61. The summed E-state index contributed by atoms with van der Waals surface area (Å²) >= 11 is 6.22. The van der Waals surface area contributed by atoms with Crippen molar-refractivity contribution in [2.45, 2.75) is 12.6 Å². The Morgan fingerprint density at radius 1 is 1.30 bits per heavy atom. The number of likely N-dealkylation sites (N-methyl/N-ethyl adjacent to an activating group) is 1. The van der Waals surface area contributed by atoms with E-state index in [2.05, 4.69) is 20.4 Å². The molecule has 0 aliphatic carbocycles. The molecule has 1 saturated heterocycles. The average Bonchev–Trinajstić information content (AvgIpc) is 3.15. The van der Waals surface area contributed by atoms with Gasteiger partial charge in [0.25, 0.3) is 11.4 Å². The Bertz CT molecular complexity index is 1000. The zero-order chi connectivity index (χ0) is 18.8. The van der Waals surface area contributed by atoms with Gasteiger partial charge in [-0.15, -0.1) is 0 Å². The molecule has 8 heteroatoms. The smallest absolute Gasteiger partial charge is 0.259 e. The van der Waals surface area contributed by atoms with E-state index in [0.29, 0.717) is 28.8 Å². The van der Waals surface area contributed by atoms with E-state index in [0.717, 1.165) is 25.2 Å². The van der Waals surface area contributed by atoms with Crippen molar-refractivity contribution in [2.24, 2.45) is 0 Å². The molecule has 0 spiro atoms. The van der Waals surface area contributed by atoms with Crippen molar-refractivity contribution in [1.29, 1.82) is 0 Å². The molecule has 1 aliphatic rings. The third kappa shape index (κ3) is 3.80. The van der Waals surface area contributed by atoms with Gasteiger partial charge in [0.15, 0.2) is 5.82 Å². The molecule has 7 nitrogen and oxygen atoms in total. The fourth-order valence-electron chi connectivity index (χ4n) is 3.17. The second kappa shape index (κ2) is 7.64. The van der Waals surface area contributed by atoms with Gasteiger partial charge in [0.05, 0.1) is 18.2 Å². The quantitative estimate of drug-likeness (QED) is 0.741. The van der Waals surface area contributed by atoms with Crippen LogP contribution in [0, 0.1) is 0 Å². The Kier molecular flexibility index (Phi) is 5.07. The third-order valence-corrected chi connectivity index (χ3v) is 5.15. The minimum atomic E-state index is -0.116. The summed E-state index contributed by atoms with van der Waals surface area (Å²) < 4.78 is 7.06. The first kappa shape index (κ1) is 17.9. The molecule has 4 rings (SSSR count). The van der Waals surface area contributed by atoms with Crippen LogP contribution in [-0.2, 0) is 6.54 Å². The number of hydrogen-bond acceptors (Lipinski definition) is 6. The summed E-state index contributed by atoms with van der Waals surface area (Å²) in [5.74, 6) is 1.04. The summed E-state index contributed by atoms with van der Waals surface area (Å²) in [6, 6.07) is 10.8. The maximum absolute atomic E-state index is 12.3. The highest BCUT2D eigenvalue weighted by Crippen LogP contribution is 2.22. The summed E-state index contributed by atoms with van der Waals surface area (Å²) in [5.41, 5.74) is 1.46. The first-order chi connectivity index (χ1) is 13.1. The van der Waals surface area contributed by atoms with Crippen LogP contribution in [0.2, 0.25) is 5.02 Å². The largest absolute Gasteiger partial charge is 0.334 e. The Labute approximate surface area is 161 Å². The van der Waals surface area contributed by atoms with E-state index in [4.69, 9.17) is 16.1 Å². The van der Waals surface area contributed by atoms with E-state index >= 15 is 0 Å². The predicted molar refractivity (Wildman–Crippen MR) is 103 cm³/mol. The highest BCUT2D eigenvalue weighted by Gasteiger charge is 2.25. The van der Waals surface area contributed by atoms with Crippen LogP contribution < -0.4 is 10.9 Å². The van der Waals surface area contributed by atoms with Crippen molar-refractivity contribution in [3.05, 3.63) is 69.4 Å². The molecular weight excluding hydrogens is 366 g/mol. The monoisotopic (exact) mass is 385 g/mol. The lowest BCUT2D eigenvalue weighted by Crippen LogP contribution is -2.44. The summed E-state index contributed by atoms with van der Waals surface area (Å²) in [5, 5.41) is 8.11. The number of pyridine rings is 1. The van der Waals surface area contributed by atoms with Crippen LogP contribution in [0.3, 0.4) is 0 Å². The second-order valence-corrected chi connectivity index (χ2v) is 7.04. The van der Waals surface area contributed by atoms with Gasteiger partial charge in [-0.1, -0.05) is 35.0 Å².